The summed E-state index contributed by atoms with van der Waals surface area (Å²) in [6.45, 7) is 1.54. The molecular weight excluding hydrogens is 197 g/mol. The van der Waals surface area contributed by atoms with Gasteiger partial charge in [-0.15, -0.1) is 24.0 Å². The Balaban J connectivity index is 0.00000121. The number of alkyl halides is 1. The fourth-order valence-corrected chi connectivity index (χ4v) is 0.838. The molecule has 1 aromatic rings. The molecular formula is C7H11Cl2N3. The van der Waals surface area contributed by atoms with Crippen molar-refractivity contribution in [1.29, 1.82) is 0 Å². The minimum Gasteiger partial charge on any atom is -0.310 e. The van der Waals surface area contributed by atoms with Gasteiger partial charge in [0.2, 0.25) is 0 Å². The Morgan fingerprint density at radius 1 is 1.42 bits per heavy atom. The molecule has 0 aliphatic rings. The predicted molar refractivity (Wildman–Crippen MR) is 51.7 cm³/mol. The first-order valence-corrected chi connectivity index (χ1v) is 3.98. The largest absolute Gasteiger partial charge is 0.310 e. The Morgan fingerprint density at radius 3 is 2.83 bits per heavy atom. The van der Waals surface area contributed by atoms with Crippen molar-refractivity contribution in [3.8, 4) is 0 Å². The molecule has 0 spiro atoms. The molecule has 0 amide bonds. The standard InChI is InChI=1S/C7H10ClN3.ClH/c8-1-2-9-5-7-6-10-3-4-11-7;/h3-4,6,9H,1-2,5H2;1H. The first-order chi connectivity index (χ1) is 5.43. The van der Waals surface area contributed by atoms with Crippen LogP contribution < -0.4 is 5.32 Å². The molecule has 0 atom stereocenters. The van der Waals surface area contributed by atoms with Crippen LogP contribution in [-0.4, -0.2) is 22.4 Å². The molecule has 5 heteroatoms. The highest BCUT2D eigenvalue weighted by molar-refractivity contribution is 6.18. The summed E-state index contributed by atoms with van der Waals surface area (Å²) in [5, 5.41) is 3.12. The Hall–Kier alpha value is -0.380. The van der Waals surface area contributed by atoms with Gasteiger partial charge in [-0.3, -0.25) is 9.97 Å². The summed E-state index contributed by atoms with van der Waals surface area (Å²) < 4.78 is 0. The lowest BCUT2D eigenvalue weighted by atomic mass is 10.4. The average Bonchev–Trinajstić information content (AvgIpc) is 2.07. The van der Waals surface area contributed by atoms with Gasteiger partial charge in [-0.25, -0.2) is 0 Å². The molecule has 0 aromatic carbocycles. The van der Waals surface area contributed by atoms with Crippen molar-refractivity contribution in [3.63, 3.8) is 0 Å². The van der Waals surface area contributed by atoms with Crippen molar-refractivity contribution in [1.82, 2.24) is 15.3 Å². The summed E-state index contributed by atoms with van der Waals surface area (Å²) in [5.74, 6) is 0.625. The van der Waals surface area contributed by atoms with Crippen LogP contribution in [-0.2, 0) is 6.54 Å². The van der Waals surface area contributed by atoms with Crippen LogP contribution in [0.5, 0.6) is 0 Å². The van der Waals surface area contributed by atoms with Crippen LogP contribution in [0.3, 0.4) is 0 Å². The summed E-state index contributed by atoms with van der Waals surface area (Å²) >= 11 is 5.47. The predicted octanol–water partition coefficient (Wildman–Crippen LogP) is 1.23. The van der Waals surface area contributed by atoms with Gasteiger partial charge in [-0.2, -0.15) is 0 Å². The fraction of sp³-hybridized carbons (Fsp3) is 0.429. The number of nitrogens with one attached hydrogen (secondary N) is 1. The first kappa shape index (κ1) is 11.6. The zero-order valence-corrected chi connectivity index (χ0v) is 8.11. The maximum atomic E-state index is 5.47. The van der Waals surface area contributed by atoms with Gasteiger partial charge in [0.1, 0.15) is 0 Å². The first-order valence-electron chi connectivity index (χ1n) is 3.45. The highest BCUT2D eigenvalue weighted by atomic mass is 35.5. The maximum Gasteiger partial charge on any atom is 0.0724 e. The number of hydrogen-bond donors (Lipinski definition) is 1. The number of hydrogen-bond acceptors (Lipinski definition) is 3. The second kappa shape index (κ2) is 7.28. The van der Waals surface area contributed by atoms with Gasteiger partial charge in [-0.1, -0.05) is 0 Å². The van der Waals surface area contributed by atoms with Gasteiger partial charge in [-0.05, 0) is 0 Å². The van der Waals surface area contributed by atoms with Gasteiger partial charge in [0, 0.05) is 37.6 Å². The van der Waals surface area contributed by atoms with Crippen molar-refractivity contribution in [2.45, 2.75) is 6.54 Å². The fourth-order valence-electron chi connectivity index (χ4n) is 0.705. The Bertz CT molecular complexity index is 193. The Kier molecular flexibility index (Phi) is 7.05. The molecule has 0 aliphatic carbocycles. The third-order valence-electron chi connectivity index (χ3n) is 1.19. The highest BCUT2D eigenvalue weighted by Gasteiger charge is 1.90. The average molecular weight is 208 g/mol. The van der Waals surface area contributed by atoms with Crippen molar-refractivity contribution in [2.24, 2.45) is 0 Å². The van der Waals surface area contributed by atoms with Crippen molar-refractivity contribution in [3.05, 3.63) is 24.3 Å². The van der Waals surface area contributed by atoms with Crippen LogP contribution in [0.4, 0.5) is 0 Å². The number of nitrogens with zero attached hydrogens (tertiary/aromatic N) is 2. The lowest BCUT2D eigenvalue weighted by molar-refractivity contribution is 0.710. The minimum atomic E-state index is 0. The number of aromatic nitrogens is 2. The zero-order valence-electron chi connectivity index (χ0n) is 6.53. The molecule has 0 radical (unpaired) electrons. The van der Waals surface area contributed by atoms with E-state index in [1.807, 2.05) is 0 Å². The molecule has 0 fully saturated rings. The smallest absolute Gasteiger partial charge is 0.0724 e. The van der Waals surface area contributed by atoms with Crippen LogP contribution in [0, 0.1) is 0 Å². The van der Waals surface area contributed by atoms with E-state index in [4.69, 9.17) is 11.6 Å². The summed E-state index contributed by atoms with van der Waals surface area (Å²) in [5.41, 5.74) is 0.942. The normalized spacial score (nSPS) is 9.08. The van der Waals surface area contributed by atoms with Crippen LogP contribution in [0.1, 0.15) is 5.69 Å². The molecule has 1 aromatic heterocycles. The second-order valence-electron chi connectivity index (χ2n) is 2.06. The van der Waals surface area contributed by atoms with Gasteiger partial charge in [0.05, 0.1) is 5.69 Å². The lowest BCUT2D eigenvalue weighted by Crippen LogP contribution is -2.16. The van der Waals surface area contributed by atoms with E-state index in [1.54, 1.807) is 18.6 Å². The molecule has 1 heterocycles. The second-order valence-corrected chi connectivity index (χ2v) is 2.44. The number of halogens is 2. The lowest BCUT2D eigenvalue weighted by Gasteiger charge is -1.99. The highest BCUT2D eigenvalue weighted by Crippen LogP contribution is 1.87. The summed E-state index contributed by atoms with van der Waals surface area (Å²) in [6, 6.07) is 0. The molecule has 1 rings (SSSR count). The quantitative estimate of drug-likeness (QED) is 0.597. The van der Waals surface area contributed by atoms with Crippen LogP contribution in [0.25, 0.3) is 0 Å². The molecule has 12 heavy (non-hydrogen) atoms. The molecule has 0 bridgehead atoms. The van der Waals surface area contributed by atoms with E-state index in [0.29, 0.717) is 5.88 Å². The summed E-state index contributed by atoms with van der Waals surface area (Å²) in [4.78, 5) is 8.01. The van der Waals surface area contributed by atoms with Crippen LogP contribution in [0.2, 0.25) is 0 Å². The molecule has 3 nitrogen and oxygen atoms in total. The van der Waals surface area contributed by atoms with Crippen LogP contribution in [0.15, 0.2) is 18.6 Å². The van der Waals surface area contributed by atoms with E-state index in [9.17, 15) is 0 Å². The topological polar surface area (TPSA) is 37.8 Å². The van der Waals surface area contributed by atoms with E-state index in [1.165, 1.54) is 0 Å². The van der Waals surface area contributed by atoms with Gasteiger partial charge in [0.25, 0.3) is 0 Å². The Morgan fingerprint density at radius 2 is 2.25 bits per heavy atom. The van der Waals surface area contributed by atoms with E-state index < -0.39 is 0 Å². The summed E-state index contributed by atoms with van der Waals surface area (Å²) in [6.07, 6.45) is 5.07. The molecule has 68 valence electrons. The van der Waals surface area contributed by atoms with Crippen LogP contribution >= 0.6 is 24.0 Å². The molecule has 0 saturated carbocycles. The third kappa shape index (κ3) is 4.49. The van der Waals surface area contributed by atoms with E-state index >= 15 is 0 Å². The number of rotatable bonds is 4. The van der Waals surface area contributed by atoms with Gasteiger partial charge in [0.15, 0.2) is 0 Å². The molecule has 0 unspecified atom stereocenters. The van der Waals surface area contributed by atoms with E-state index in [2.05, 4.69) is 15.3 Å². The van der Waals surface area contributed by atoms with Crippen molar-refractivity contribution < 1.29 is 0 Å². The summed E-state index contributed by atoms with van der Waals surface area (Å²) in [7, 11) is 0. The monoisotopic (exact) mass is 207 g/mol. The third-order valence-corrected chi connectivity index (χ3v) is 1.38. The van der Waals surface area contributed by atoms with Crippen molar-refractivity contribution >= 4 is 24.0 Å². The SMILES string of the molecule is Cl.ClCCNCc1cnccn1. The maximum absolute atomic E-state index is 5.47. The van der Waals surface area contributed by atoms with Crippen molar-refractivity contribution in [2.75, 3.05) is 12.4 Å². The Labute approximate surface area is 83.0 Å². The molecule has 0 saturated heterocycles. The minimum absolute atomic E-state index is 0. The molecule has 1 N–H and O–H groups in total. The molecule has 0 aliphatic heterocycles. The zero-order chi connectivity index (χ0) is 7.94. The van der Waals surface area contributed by atoms with E-state index in [0.717, 1.165) is 18.8 Å². The van der Waals surface area contributed by atoms with Gasteiger partial charge < -0.3 is 5.32 Å². The van der Waals surface area contributed by atoms with Gasteiger partial charge >= 0.3 is 0 Å². The van der Waals surface area contributed by atoms with E-state index in [-0.39, 0.29) is 12.4 Å².